The van der Waals surface area contributed by atoms with Gasteiger partial charge in [-0.1, -0.05) is 64.2 Å². The summed E-state index contributed by atoms with van der Waals surface area (Å²) in [4.78, 5) is 0. The number of hydrogen-bond acceptors (Lipinski definition) is 5. The van der Waals surface area contributed by atoms with E-state index in [1.165, 1.54) is 11.8 Å². The SMILES string of the molecule is Clc1ccc(CSc2nnc(COc3ccc(Cl)cc3Cl)o2)c(Cl)c1. The van der Waals surface area contributed by atoms with Crippen molar-refractivity contribution in [1.29, 1.82) is 0 Å². The highest BCUT2D eigenvalue weighted by molar-refractivity contribution is 7.98. The maximum absolute atomic E-state index is 6.14. The summed E-state index contributed by atoms with van der Waals surface area (Å²) >= 11 is 25.3. The molecule has 0 amide bonds. The molecular weight excluding hydrogens is 426 g/mol. The lowest BCUT2D eigenvalue weighted by molar-refractivity contribution is 0.252. The minimum Gasteiger partial charge on any atom is -0.482 e. The van der Waals surface area contributed by atoms with Crippen LogP contribution in [0.15, 0.2) is 46.0 Å². The van der Waals surface area contributed by atoms with Crippen molar-refractivity contribution in [1.82, 2.24) is 10.2 Å². The van der Waals surface area contributed by atoms with Gasteiger partial charge in [-0.15, -0.1) is 10.2 Å². The quantitative estimate of drug-likeness (QED) is 0.410. The molecule has 0 N–H and O–H groups in total. The number of nitrogens with zero attached hydrogens (tertiary/aromatic N) is 2. The number of hydrogen-bond donors (Lipinski definition) is 0. The fourth-order valence-corrected chi connectivity index (χ4v) is 3.67. The largest absolute Gasteiger partial charge is 0.482 e. The van der Waals surface area contributed by atoms with E-state index in [1.807, 2.05) is 6.07 Å². The van der Waals surface area contributed by atoms with Crippen LogP contribution in [-0.2, 0) is 12.4 Å². The standard InChI is InChI=1S/C16H10Cl4N2O2S/c17-10-2-1-9(12(19)5-10)8-25-16-22-21-15(24-16)7-23-14-4-3-11(18)6-13(14)20/h1-6H,7-8H2. The van der Waals surface area contributed by atoms with Gasteiger partial charge in [0.2, 0.25) is 0 Å². The first kappa shape index (κ1) is 18.7. The Kier molecular flexibility index (Phi) is 6.36. The van der Waals surface area contributed by atoms with Crippen LogP contribution in [0, 0.1) is 0 Å². The number of aromatic nitrogens is 2. The zero-order valence-electron chi connectivity index (χ0n) is 12.5. The highest BCUT2D eigenvalue weighted by atomic mass is 35.5. The molecule has 1 aromatic heterocycles. The minimum atomic E-state index is 0.108. The zero-order chi connectivity index (χ0) is 17.8. The molecule has 4 nitrogen and oxygen atoms in total. The van der Waals surface area contributed by atoms with Gasteiger partial charge in [0.05, 0.1) is 5.02 Å². The average molecular weight is 436 g/mol. The van der Waals surface area contributed by atoms with Gasteiger partial charge in [0.1, 0.15) is 5.75 Å². The number of rotatable bonds is 6. The Balaban J connectivity index is 1.57. The van der Waals surface area contributed by atoms with Crippen molar-refractivity contribution in [3.63, 3.8) is 0 Å². The fraction of sp³-hybridized carbons (Fsp3) is 0.125. The summed E-state index contributed by atoms with van der Waals surface area (Å²) < 4.78 is 11.1. The van der Waals surface area contributed by atoms with Crippen LogP contribution in [0.2, 0.25) is 20.1 Å². The van der Waals surface area contributed by atoms with Gasteiger partial charge in [0.25, 0.3) is 11.1 Å². The van der Waals surface area contributed by atoms with Crippen LogP contribution in [0.1, 0.15) is 11.5 Å². The number of halogens is 4. The van der Waals surface area contributed by atoms with Gasteiger partial charge in [-0.3, -0.25) is 0 Å². The van der Waals surface area contributed by atoms with Crippen molar-refractivity contribution < 1.29 is 9.15 Å². The molecule has 3 rings (SSSR count). The molecule has 0 saturated heterocycles. The third-order valence-corrected chi connectivity index (χ3v) is 5.04. The lowest BCUT2D eigenvalue weighted by atomic mass is 10.2. The van der Waals surface area contributed by atoms with E-state index in [9.17, 15) is 0 Å². The van der Waals surface area contributed by atoms with Crippen molar-refractivity contribution in [2.75, 3.05) is 0 Å². The molecule has 0 bridgehead atoms. The van der Waals surface area contributed by atoms with Crippen LogP contribution in [0.25, 0.3) is 0 Å². The Bertz CT molecular complexity index is 818. The van der Waals surface area contributed by atoms with Gasteiger partial charge in [0, 0.05) is 20.8 Å². The van der Waals surface area contributed by atoms with Gasteiger partial charge in [-0.2, -0.15) is 0 Å². The Hall–Kier alpha value is -1.11. The van der Waals surface area contributed by atoms with E-state index >= 15 is 0 Å². The molecule has 25 heavy (non-hydrogen) atoms. The van der Waals surface area contributed by atoms with Gasteiger partial charge in [0.15, 0.2) is 6.61 Å². The van der Waals surface area contributed by atoms with Crippen molar-refractivity contribution >= 4 is 58.2 Å². The predicted octanol–water partition coefficient (Wildman–Crippen LogP) is 6.55. The van der Waals surface area contributed by atoms with Crippen LogP contribution in [0.4, 0.5) is 0 Å². The van der Waals surface area contributed by atoms with Gasteiger partial charge in [-0.25, -0.2) is 0 Å². The molecule has 0 fully saturated rings. The highest BCUT2D eigenvalue weighted by Gasteiger charge is 2.10. The minimum absolute atomic E-state index is 0.108. The highest BCUT2D eigenvalue weighted by Crippen LogP contribution is 2.30. The van der Waals surface area contributed by atoms with E-state index in [2.05, 4.69) is 10.2 Å². The zero-order valence-corrected chi connectivity index (χ0v) is 16.3. The molecule has 3 aromatic rings. The van der Waals surface area contributed by atoms with E-state index in [0.717, 1.165) is 5.56 Å². The normalized spacial score (nSPS) is 10.9. The van der Waals surface area contributed by atoms with Crippen molar-refractivity contribution in [2.24, 2.45) is 0 Å². The van der Waals surface area contributed by atoms with Crippen LogP contribution < -0.4 is 4.74 Å². The first-order chi connectivity index (χ1) is 12.0. The molecule has 0 aliphatic rings. The maximum Gasteiger partial charge on any atom is 0.277 e. The Morgan fingerprint density at radius 3 is 2.36 bits per heavy atom. The Morgan fingerprint density at radius 2 is 1.64 bits per heavy atom. The lowest BCUT2D eigenvalue weighted by Gasteiger charge is -2.05. The molecule has 0 atom stereocenters. The van der Waals surface area contributed by atoms with E-state index < -0.39 is 0 Å². The second kappa shape index (κ2) is 8.52. The molecule has 0 aliphatic carbocycles. The monoisotopic (exact) mass is 434 g/mol. The van der Waals surface area contributed by atoms with Gasteiger partial charge >= 0.3 is 0 Å². The van der Waals surface area contributed by atoms with Crippen LogP contribution >= 0.6 is 58.2 Å². The number of benzene rings is 2. The molecule has 0 unspecified atom stereocenters. The third kappa shape index (κ3) is 5.19. The molecule has 9 heteroatoms. The first-order valence-corrected chi connectivity index (χ1v) is 9.48. The van der Waals surface area contributed by atoms with Crippen LogP contribution in [0.3, 0.4) is 0 Å². The van der Waals surface area contributed by atoms with E-state index in [4.69, 9.17) is 55.6 Å². The molecular formula is C16H10Cl4N2O2S. The second-order valence-corrected chi connectivity index (χ2v) is 7.46. The molecule has 0 saturated carbocycles. The van der Waals surface area contributed by atoms with Crippen LogP contribution in [-0.4, -0.2) is 10.2 Å². The molecule has 2 aromatic carbocycles. The summed E-state index contributed by atoms with van der Waals surface area (Å²) in [7, 11) is 0. The van der Waals surface area contributed by atoms with Gasteiger partial charge < -0.3 is 9.15 Å². The average Bonchev–Trinajstić information content (AvgIpc) is 3.01. The van der Waals surface area contributed by atoms with Crippen molar-refractivity contribution in [3.8, 4) is 5.75 Å². The smallest absolute Gasteiger partial charge is 0.277 e. The fourth-order valence-electron chi connectivity index (χ4n) is 1.86. The molecule has 130 valence electrons. The topological polar surface area (TPSA) is 48.2 Å². The summed E-state index contributed by atoms with van der Waals surface area (Å²) in [6.07, 6.45) is 0. The Labute approximate surface area is 168 Å². The number of ether oxygens (including phenoxy) is 1. The van der Waals surface area contributed by atoms with E-state index in [1.54, 1.807) is 30.3 Å². The summed E-state index contributed by atoms with van der Waals surface area (Å²) in [5.74, 6) is 1.42. The predicted molar refractivity (Wildman–Crippen MR) is 101 cm³/mol. The van der Waals surface area contributed by atoms with E-state index in [0.29, 0.717) is 42.7 Å². The first-order valence-electron chi connectivity index (χ1n) is 6.98. The number of thioether (sulfide) groups is 1. The summed E-state index contributed by atoms with van der Waals surface area (Å²) in [5, 5.41) is 10.5. The summed E-state index contributed by atoms with van der Waals surface area (Å²) in [6, 6.07) is 10.3. The molecule has 1 heterocycles. The van der Waals surface area contributed by atoms with E-state index in [-0.39, 0.29) is 6.61 Å². The summed E-state index contributed by atoms with van der Waals surface area (Å²) in [6.45, 7) is 0.108. The Morgan fingerprint density at radius 1 is 0.920 bits per heavy atom. The lowest BCUT2D eigenvalue weighted by Crippen LogP contribution is -1.96. The second-order valence-electron chi connectivity index (χ2n) is 4.85. The van der Waals surface area contributed by atoms with Crippen LogP contribution in [0.5, 0.6) is 5.75 Å². The maximum atomic E-state index is 6.14. The van der Waals surface area contributed by atoms with Crippen molar-refractivity contribution in [2.45, 2.75) is 17.6 Å². The molecule has 0 spiro atoms. The third-order valence-electron chi connectivity index (χ3n) is 3.06. The molecule has 0 aliphatic heterocycles. The van der Waals surface area contributed by atoms with Crippen molar-refractivity contribution in [3.05, 3.63) is 67.9 Å². The molecule has 0 radical (unpaired) electrons. The summed E-state index contributed by atoms with van der Waals surface area (Å²) in [5.41, 5.74) is 0.931. The van der Waals surface area contributed by atoms with Gasteiger partial charge in [-0.05, 0) is 35.9 Å².